The number of unbranched alkanes of at least 4 members (excludes halogenated alkanes) is 2. The molecular formula is C29H41N3O2. The number of fused-ring (bicyclic) bond motifs is 1. The van der Waals surface area contributed by atoms with Crippen molar-refractivity contribution in [3.8, 4) is 0 Å². The molecule has 2 unspecified atom stereocenters. The molecule has 0 aliphatic rings. The summed E-state index contributed by atoms with van der Waals surface area (Å²) in [5.41, 5.74) is 10.8. The second kappa shape index (κ2) is 12.7. The molecule has 3 aromatic rings. The highest BCUT2D eigenvalue weighted by Crippen LogP contribution is 2.37. The zero-order valence-electron chi connectivity index (χ0n) is 21.0. The Morgan fingerprint density at radius 1 is 1.09 bits per heavy atom. The fourth-order valence-corrected chi connectivity index (χ4v) is 4.87. The Morgan fingerprint density at radius 2 is 1.91 bits per heavy atom. The van der Waals surface area contributed by atoms with Crippen LogP contribution in [0.3, 0.4) is 0 Å². The van der Waals surface area contributed by atoms with Crippen molar-refractivity contribution in [2.75, 3.05) is 19.6 Å². The van der Waals surface area contributed by atoms with Gasteiger partial charge in [-0.05, 0) is 82.1 Å². The molecule has 1 aromatic heterocycles. The molecule has 5 heteroatoms. The van der Waals surface area contributed by atoms with Crippen molar-refractivity contribution in [2.24, 2.45) is 5.73 Å². The minimum absolute atomic E-state index is 0.181. The van der Waals surface area contributed by atoms with E-state index in [0.29, 0.717) is 18.2 Å². The summed E-state index contributed by atoms with van der Waals surface area (Å²) >= 11 is 0. The standard InChI is InChI=1S/C29H41N3O2/c1-4-5-6-10-22(3)32-20-27(26-19-24(29(33)34)12-13-28(26)32)25(14-17-31-16-8-15-30)23-11-7-9-21(2)18-23/h7,9,11-13,18-20,22,25,31H,4-6,8,10,14-17,30H2,1-3H3,(H,33,34). The topological polar surface area (TPSA) is 80.3 Å². The summed E-state index contributed by atoms with van der Waals surface area (Å²) in [5, 5.41) is 14.3. The fraction of sp³-hybridized carbons (Fsp3) is 0.483. The van der Waals surface area contributed by atoms with Crippen LogP contribution >= 0.6 is 0 Å². The van der Waals surface area contributed by atoms with E-state index in [0.717, 1.165) is 43.3 Å². The highest BCUT2D eigenvalue weighted by Gasteiger charge is 2.22. The van der Waals surface area contributed by atoms with Crippen molar-refractivity contribution in [3.05, 3.63) is 70.9 Å². The molecule has 0 radical (unpaired) electrons. The van der Waals surface area contributed by atoms with Crippen molar-refractivity contribution in [2.45, 2.75) is 71.3 Å². The molecular weight excluding hydrogens is 422 g/mol. The van der Waals surface area contributed by atoms with E-state index in [1.54, 1.807) is 6.07 Å². The number of nitrogens with one attached hydrogen (secondary N) is 1. The van der Waals surface area contributed by atoms with Crippen LogP contribution in [0.25, 0.3) is 10.9 Å². The first-order valence-electron chi connectivity index (χ1n) is 12.8. The van der Waals surface area contributed by atoms with Gasteiger partial charge in [0.2, 0.25) is 0 Å². The van der Waals surface area contributed by atoms with Crippen LogP contribution < -0.4 is 11.1 Å². The zero-order valence-corrected chi connectivity index (χ0v) is 21.0. The lowest BCUT2D eigenvalue weighted by Gasteiger charge is -2.19. The van der Waals surface area contributed by atoms with Crippen LogP contribution in [0, 0.1) is 6.92 Å². The molecule has 2 aromatic carbocycles. The average molecular weight is 464 g/mol. The van der Waals surface area contributed by atoms with E-state index < -0.39 is 5.97 Å². The highest BCUT2D eigenvalue weighted by atomic mass is 16.4. The van der Waals surface area contributed by atoms with Gasteiger partial charge >= 0.3 is 5.97 Å². The number of carbonyl (C=O) groups is 1. The van der Waals surface area contributed by atoms with Gasteiger partial charge in [0, 0.05) is 29.1 Å². The quantitative estimate of drug-likeness (QED) is 0.247. The molecule has 0 aliphatic carbocycles. The van der Waals surface area contributed by atoms with Crippen LogP contribution in [0.15, 0.2) is 48.7 Å². The molecule has 34 heavy (non-hydrogen) atoms. The third kappa shape index (κ3) is 6.49. The maximum Gasteiger partial charge on any atom is 0.335 e. The molecule has 5 nitrogen and oxygen atoms in total. The third-order valence-corrected chi connectivity index (χ3v) is 6.80. The van der Waals surface area contributed by atoms with Crippen molar-refractivity contribution in [1.29, 1.82) is 0 Å². The summed E-state index contributed by atoms with van der Waals surface area (Å²) in [4.78, 5) is 11.8. The molecule has 0 saturated carbocycles. The van der Waals surface area contributed by atoms with E-state index in [9.17, 15) is 9.90 Å². The van der Waals surface area contributed by atoms with Crippen molar-refractivity contribution >= 4 is 16.9 Å². The van der Waals surface area contributed by atoms with Crippen molar-refractivity contribution < 1.29 is 9.90 Å². The van der Waals surface area contributed by atoms with E-state index in [2.05, 4.69) is 61.1 Å². The van der Waals surface area contributed by atoms with E-state index in [-0.39, 0.29) is 5.92 Å². The van der Waals surface area contributed by atoms with Crippen LogP contribution in [-0.4, -0.2) is 35.3 Å². The summed E-state index contributed by atoms with van der Waals surface area (Å²) in [6.07, 6.45) is 8.96. The van der Waals surface area contributed by atoms with Gasteiger partial charge in [0.1, 0.15) is 0 Å². The SMILES string of the molecule is CCCCCC(C)n1cc(C(CCNCCCN)c2cccc(C)c2)c2cc(C(=O)O)ccc21. The van der Waals surface area contributed by atoms with Crippen molar-refractivity contribution in [1.82, 2.24) is 9.88 Å². The molecule has 1 heterocycles. The second-order valence-electron chi connectivity index (χ2n) is 9.52. The lowest BCUT2D eigenvalue weighted by atomic mass is 9.87. The lowest BCUT2D eigenvalue weighted by Crippen LogP contribution is -2.21. The largest absolute Gasteiger partial charge is 0.478 e. The van der Waals surface area contributed by atoms with E-state index in [4.69, 9.17) is 5.73 Å². The van der Waals surface area contributed by atoms with Gasteiger partial charge in [0.25, 0.3) is 0 Å². The summed E-state index contributed by atoms with van der Waals surface area (Å²) in [5.74, 6) is -0.701. The number of hydrogen-bond donors (Lipinski definition) is 3. The molecule has 2 atom stereocenters. The Kier molecular flexibility index (Phi) is 9.73. The molecule has 4 N–H and O–H groups in total. The van der Waals surface area contributed by atoms with Gasteiger partial charge in [0.05, 0.1) is 5.56 Å². The van der Waals surface area contributed by atoms with Gasteiger partial charge in [0.15, 0.2) is 0 Å². The lowest BCUT2D eigenvalue weighted by molar-refractivity contribution is 0.0697. The summed E-state index contributed by atoms with van der Waals surface area (Å²) in [6.45, 7) is 9.12. The van der Waals surface area contributed by atoms with Crippen LogP contribution in [0.2, 0.25) is 0 Å². The smallest absolute Gasteiger partial charge is 0.335 e. The Hall–Kier alpha value is -2.63. The summed E-state index contributed by atoms with van der Waals surface area (Å²) < 4.78 is 2.37. The summed E-state index contributed by atoms with van der Waals surface area (Å²) in [7, 11) is 0. The molecule has 3 rings (SSSR count). The highest BCUT2D eigenvalue weighted by molar-refractivity contribution is 5.95. The number of carboxylic acid groups (broad SMARTS) is 1. The molecule has 0 aliphatic heterocycles. The monoisotopic (exact) mass is 463 g/mol. The fourth-order valence-electron chi connectivity index (χ4n) is 4.87. The van der Waals surface area contributed by atoms with Crippen LogP contribution in [0.5, 0.6) is 0 Å². The number of hydrogen-bond acceptors (Lipinski definition) is 3. The molecule has 0 spiro atoms. The van der Waals surface area contributed by atoms with Gasteiger partial charge in [-0.25, -0.2) is 4.79 Å². The minimum Gasteiger partial charge on any atom is -0.478 e. The predicted octanol–water partition coefficient (Wildman–Crippen LogP) is 6.25. The van der Waals surface area contributed by atoms with Gasteiger partial charge < -0.3 is 20.7 Å². The Bertz CT molecular complexity index is 1070. The van der Waals surface area contributed by atoms with E-state index in [1.165, 1.54) is 36.0 Å². The molecule has 0 bridgehead atoms. The Balaban J connectivity index is 2.06. The van der Waals surface area contributed by atoms with Crippen LogP contribution in [0.1, 0.15) is 91.4 Å². The number of nitrogens with zero attached hydrogens (tertiary/aromatic N) is 1. The third-order valence-electron chi connectivity index (χ3n) is 6.80. The van der Waals surface area contributed by atoms with Gasteiger partial charge in [-0.1, -0.05) is 56.0 Å². The summed E-state index contributed by atoms with van der Waals surface area (Å²) in [6, 6.07) is 14.7. The second-order valence-corrected chi connectivity index (χ2v) is 9.52. The van der Waals surface area contributed by atoms with Gasteiger partial charge in [-0.3, -0.25) is 0 Å². The zero-order chi connectivity index (χ0) is 24.5. The minimum atomic E-state index is -0.882. The first-order valence-corrected chi connectivity index (χ1v) is 12.8. The number of rotatable bonds is 14. The number of benzene rings is 2. The molecule has 0 saturated heterocycles. The molecule has 0 amide bonds. The number of aromatic nitrogens is 1. The maximum absolute atomic E-state index is 11.8. The van der Waals surface area contributed by atoms with Gasteiger partial charge in [-0.15, -0.1) is 0 Å². The van der Waals surface area contributed by atoms with Crippen molar-refractivity contribution in [3.63, 3.8) is 0 Å². The van der Waals surface area contributed by atoms with E-state index in [1.807, 2.05) is 12.1 Å². The number of nitrogens with two attached hydrogens (primary N) is 1. The Labute approximate surface area is 204 Å². The molecule has 184 valence electrons. The maximum atomic E-state index is 11.8. The molecule has 0 fully saturated rings. The Morgan fingerprint density at radius 3 is 2.62 bits per heavy atom. The average Bonchev–Trinajstić information content (AvgIpc) is 3.20. The first kappa shape index (κ1) is 26.0. The van der Waals surface area contributed by atoms with Crippen LogP contribution in [-0.2, 0) is 0 Å². The first-order chi connectivity index (χ1) is 16.5. The normalized spacial score (nSPS) is 13.3. The van der Waals surface area contributed by atoms with E-state index >= 15 is 0 Å². The van der Waals surface area contributed by atoms with Gasteiger partial charge in [-0.2, -0.15) is 0 Å². The predicted molar refractivity (Wildman–Crippen MR) is 142 cm³/mol. The number of aromatic carboxylic acids is 1. The number of aryl methyl sites for hydroxylation is 1. The number of carboxylic acids is 1. The van der Waals surface area contributed by atoms with Crippen LogP contribution in [0.4, 0.5) is 0 Å².